The van der Waals surface area contributed by atoms with Gasteiger partial charge in [0.25, 0.3) is 6.10 Å². The fourth-order valence-electron chi connectivity index (χ4n) is 5.11. The van der Waals surface area contributed by atoms with E-state index in [2.05, 4.69) is 9.47 Å². The van der Waals surface area contributed by atoms with Gasteiger partial charge in [-0.2, -0.15) is 43.9 Å². The number of hydrogen-bond donors (Lipinski definition) is 1. The fraction of sp³-hybridized carbons (Fsp3) is 0.677. The number of carbonyl (C=O) groups excluding carboxylic acids is 4. The summed E-state index contributed by atoms with van der Waals surface area (Å²) in [5.41, 5.74) is -2.68. The first kappa shape index (κ1) is 46.6. The van der Waals surface area contributed by atoms with Crippen LogP contribution in [0.3, 0.4) is 0 Å². The Morgan fingerprint density at radius 3 is 1.75 bits per heavy atom. The molecule has 0 spiro atoms. The summed E-state index contributed by atoms with van der Waals surface area (Å²) in [4.78, 5) is 49.2. The number of rotatable bonds is 19. The standard InChI is InChI=1S/C31H37ClF10O10/c1-25(2,22(45)51-14-13-49-21(44)20(28(33,34)35)52-31(41,42)29(36,37)30(38,39)40)17-26(3,23(46)50-12-11-43)15-19(18-9-7-6-8-10-18)16-27(4,32)24(47)48-5/h6-10,19-20,43H,11-17H2,1-5H3. The molecule has 52 heavy (non-hydrogen) atoms. The highest BCUT2D eigenvalue weighted by Crippen LogP contribution is 2.49. The molecule has 4 unspecified atom stereocenters. The minimum atomic E-state index is -7.14. The van der Waals surface area contributed by atoms with Crippen LogP contribution in [0.1, 0.15) is 58.4 Å². The maximum absolute atomic E-state index is 13.5. The monoisotopic (exact) mass is 794 g/mol. The average molecular weight is 795 g/mol. The molecule has 10 nitrogen and oxygen atoms in total. The lowest BCUT2D eigenvalue weighted by atomic mass is 9.67. The van der Waals surface area contributed by atoms with Crippen molar-refractivity contribution in [2.24, 2.45) is 10.8 Å². The third-order valence-electron chi connectivity index (χ3n) is 7.47. The van der Waals surface area contributed by atoms with Gasteiger partial charge in [0, 0.05) is 0 Å². The SMILES string of the molecule is COC(=O)C(C)(Cl)CC(CC(C)(CC(C)(C)C(=O)OCCOC(=O)C(OC(F)(F)C(F)(F)C(F)(F)F)C(F)(F)F)C(=O)OCCO)c1ccccc1. The number of methoxy groups -OCH3 is 1. The molecule has 0 bridgehead atoms. The van der Waals surface area contributed by atoms with Crippen LogP contribution in [0.15, 0.2) is 30.3 Å². The average Bonchev–Trinajstić information content (AvgIpc) is 3.02. The number of aliphatic hydroxyl groups is 1. The quantitative estimate of drug-likeness (QED) is 0.0544. The summed E-state index contributed by atoms with van der Waals surface area (Å²) in [6.45, 7) is 1.88. The summed E-state index contributed by atoms with van der Waals surface area (Å²) >= 11 is 6.49. The zero-order chi connectivity index (χ0) is 40.6. The van der Waals surface area contributed by atoms with E-state index in [0.29, 0.717) is 5.56 Å². The molecule has 0 aromatic heterocycles. The highest BCUT2D eigenvalue weighted by Gasteiger charge is 2.76. The normalized spacial score (nSPS) is 16.5. The van der Waals surface area contributed by atoms with Gasteiger partial charge in [0.1, 0.15) is 24.7 Å². The molecule has 1 N–H and O–H groups in total. The van der Waals surface area contributed by atoms with E-state index >= 15 is 0 Å². The summed E-state index contributed by atoms with van der Waals surface area (Å²) in [5, 5.41) is 9.22. The zero-order valence-electron chi connectivity index (χ0n) is 28.3. The van der Waals surface area contributed by atoms with E-state index < -0.39 is 109 Å². The molecular weight excluding hydrogens is 758 g/mol. The highest BCUT2D eigenvalue weighted by atomic mass is 35.5. The van der Waals surface area contributed by atoms with Gasteiger partial charge in [-0.05, 0) is 58.4 Å². The van der Waals surface area contributed by atoms with E-state index in [1.54, 1.807) is 30.3 Å². The molecule has 0 amide bonds. The first-order valence-electron chi connectivity index (χ1n) is 15.0. The van der Waals surface area contributed by atoms with Crippen LogP contribution >= 0.6 is 11.6 Å². The Kier molecular flexibility index (Phi) is 15.8. The fourth-order valence-corrected chi connectivity index (χ4v) is 5.37. The van der Waals surface area contributed by atoms with Crippen molar-refractivity contribution in [3.63, 3.8) is 0 Å². The molecular formula is C31H37ClF10O10. The molecule has 21 heteroatoms. The smallest absolute Gasteiger partial charge is 0.462 e. The van der Waals surface area contributed by atoms with Crippen molar-refractivity contribution < 1.29 is 91.9 Å². The summed E-state index contributed by atoms with van der Waals surface area (Å²) in [5.74, 6) is -13.5. The largest absolute Gasteiger partial charge is 0.468 e. The van der Waals surface area contributed by atoms with E-state index in [0.717, 1.165) is 7.11 Å². The van der Waals surface area contributed by atoms with Crippen LogP contribution in [-0.2, 0) is 42.9 Å². The molecule has 0 fully saturated rings. The Hall–Kier alpha value is -3.39. The molecule has 0 heterocycles. The Morgan fingerprint density at radius 1 is 0.750 bits per heavy atom. The molecule has 0 saturated carbocycles. The third kappa shape index (κ3) is 12.3. The van der Waals surface area contributed by atoms with Gasteiger partial charge in [-0.25, -0.2) is 4.79 Å². The predicted octanol–water partition coefficient (Wildman–Crippen LogP) is 6.50. The molecule has 1 rings (SSSR count). The van der Waals surface area contributed by atoms with E-state index in [1.165, 1.54) is 27.7 Å². The van der Waals surface area contributed by atoms with Crippen LogP contribution in [0, 0.1) is 10.8 Å². The van der Waals surface area contributed by atoms with Gasteiger partial charge in [-0.1, -0.05) is 30.3 Å². The van der Waals surface area contributed by atoms with E-state index in [4.69, 9.17) is 25.8 Å². The number of aliphatic hydroxyl groups excluding tert-OH is 1. The number of hydrogen-bond acceptors (Lipinski definition) is 10. The van der Waals surface area contributed by atoms with Crippen molar-refractivity contribution >= 4 is 35.5 Å². The maximum atomic E-state index is 13.5. The lowest BCUT2D eigenvalue weighted by Crippen LogP contribution is -2.57. The number of carbonyl (C=O) groups is 4. The second-order valence-corrected chi connectivity index (χ2v) is 13.5. The molecule has 0 saturated heterocycles. The Labute approximate surface area is 296 Å². The first-order chi connectivity index (χ1) is 23.5. The molecule has 0 radical (unpaired) electrons. The molecule has 0 aliphatic rings. The van der Waals surface area contributed by atoms with Gasteiger partial charge < -0.3 is 24.1 Å². The molecule has 0 aliphatic heterocycles. The number of alkyl halides is 11. The summed E-state index contributed by atoms with van der Waals surface area (Å²) in [6.07, 6.45) is -25.4. The molecule has 298 valence electrons. The van der Waals surface area contributed by atoms with Crippen LogP contribution in [0.25, 0.3) is 0 Å². The van der Waals surface area contributed by atoms with Crippen LogP contribution in [0.5, 0.6) is 0 Å². The number of benzene rings is 1. The van der Waals surface area contributed by atoms with Gasteiger partial charge >= 0.3 is 48.3 Å². The molecule has 1 aromatic rings. The Morgan fingerprint density at radius 2 is 1.27 bits per heavy atom. The summed E-state index contributed by atoms with van der Waals surface area (Å²) < 4.78 is 151. The van der Waals surface area contributed by atoms with Crippen molar-refractivity contribution in [1.29, 1.82) is 0 Å². The lowest BCUT2D eigenvalue weighted by molar-refractivity contribution is -0.441. The van der Waals surface area contributed by atoms with E-state index in [-0.39, 0.29) is 12.8 Å². The summed E-state index contributed by atoms with van der Waals surface area (Å²) in [7, 11) is 1.12. The van der Waals surface area contributed by atoms with Crippen molar-refractivity contribution in [2.45, 2.75) is 88.2 Å². The second-order valence-electron chi connectivity index (χ2n) is 12.6. The van der Waals surface area contributed by atoms with Crippen LogP contribution in [0.2, 0.25) is 0 Å². The Balaban J connectivity index is 3.20. The van der Waals surface area contributed by atoms with Crippen molar-refractivity contribution in [1.82, 2.24) is 0 Å². The molecule has 0 aliphatic carbocycles. The number of halogens is 11. The van der Waals surface area contributed by atoms with Gasteiger partial charge in [-0.15, -0.1) is 11.6 Å². The minimum Gasteiger partial charge on any atom is -0.468 e. The van der Waals surface area contributed by atoms with Gasteiger partial charge in [0.05, 0.1) is 24.5 Å². The van der Waals surface area contributed by atoms with E-state index in [1.807, 2.05) is 0 Å². The lowest BCUT2D eigenvalue weighted by Gasteiger charge is -2.38. The zero-order valence-corrected chi connectivity index (χ0v) is 29.0. The van der Waals surface area contributed by atoms with Crippen LogP contribution in [0.4, 0.5) is 43.9 Å². The maximum Gasteiger partial charge on any atom is 0.462 e. The molecule has 4 atom stereocenters. The van der Waals surface area contributed by atoms with Gasteiger partial charge in [0.2, 0.25) is 0 Å². The topological polar surface area (TPSA) is 135 Å². The number of ether oxygens (including phenoxy) is 5. The predicted molar refractivity (Wildman–Crippen MR) is 158 cm³/mol. The van der Waals surface area contributed by atoms with Gasteiger partial charge in [0.15, 0.2) is 0 Å². The Bertz CT molecular complexity index is 1370. The van der Waals surface area contributed by atoms with Crippen molar-refractivity contribution in [3.05, 3.63) is 35.9 Å². The minimum absolute atomic E-state index is 0.0905. The van der Waals surface area contributed by atoms with Crippen LogP contribution in [-0.4, -0.2) is 97.9 Å². The summed E-state index contributed by atoms with van der Waals surface area (Å²) in [6, 6.07) is 8.42. The van der Waals surface area contributed by atoms with Gasteiger partial charge in [-0.3, -0.25) is 19.1 Å². The second kappa shape index (κ2) is 17.6. The highest BCUT2D eigenvalue weighted by molar-refractivity contribution is 6.33. The van der Waals surface area contributed by atoms with E-state index in [9.17, 15) is 68.2 Å². The van der Waals surface area contributed by atoms with Crippen molar-refractivity contribution in [3.8, 4) is 0 Å². The molecule has 1 aromatic carbocycles. The first-order valence-corrected chi connectivity index (χ1v) is 15.4. The third-order valence-corrected chi connectivity index (χ3v) is 7.78. The number of esters is 4. The van der Waals surface area contributed by atoms with Crippen molar-refractivity contribution in [2.75, 3.05) is 33.5 Å². The van der Waals surface area contributed by atoms with Crippen LogP contribution < -0.4 is 0 Å².